The zero-order chi connectivity index (χ0) is 17.8. The Morgan fingerprint density at radius 1 is 1.16 bits per heavy atom. The summed E-state index contributed by atoms with van der Waals surface area (Å²) in [6.45, 7) is 0. The maximum atomic E-state index is 12.0. The molecule has 0 bridgehead atoms. The van der Waals surface area contributed by atoms with E-state index in [2.05, 4.69) is 10.1 Å². The lowest BCUT2D eigenvalue weighted by atomic mass is 10.2. The summed E-state index contributed by atoms with van der Waals surface area (Å²) in [6, 6.07) is 13.6. The normalized spacial score (nSPS) is 11.0. The summed E-state index contributed by atoms with van der Waals surface area (Å²) in [7, 11) is 1.30. The van der Waals surface area contributed by atoms with Crippen LogP contribution in [0, 0.1) is 0 Å². The first-order valence-corrected chi connectivity index (χ1v) is 7.79. The lowest BCUT2D eigenvalue weighted by molar-refractivity contribution is -0.111. The Morgan fingerprint density at radius 3 is 2.80 bits per heavy atom. The average molecular weight is 356 g/mol. The van der Waals surface area contributed by atoms with Crippen molar-refractivity contribution in [2.45, 2.75) is 0 Å². The van der Waals surface area contributed by atoms with Crippen molar-refractivity contribution in [1.29, 1.82) is 0 Å². The first kappa shape index (κ1) is 16.8. The van der Waals surface area contributed by atoms with E-state index in [0.29, 0.717) is 27.6 Å². The average Bonchev–Trinajstić information content (AvgIpc) is 3.01. The molecule has 0 radical (unpaired) electrons. The number of carbonyl (C=O) groups is 2. The highest BCUT2D eigenvalue weighted by Gasteiger charge is 2.07. The van der Waals surface area contributed by atoms with Crippen LogP contribution in [0.15, 0.2) is 59.0 Å². The second-order valence-electron chi connectivity index (χ2n) is 5.23. The van der Waals surface area contributed by atoms with Crippen molar-refractivity contribution >= 4 is 46.2 Å². The van der Waals surface area contributed by atoms with Crippen LogP contribution in [0.1, 0.15) is 16.1 Å². The number of furan rings is 1. The molecule has 1 amide bonds. The molecule has 0 saturated carbocycles. The van der Waals surface area contributed by atoms with E-state index in [1.807, 2.05) is 0 Å². The van der Waals surface area contributed by atoms with E-state index in [1.165, 1.54) is 13.2 Å². The summed E-state index contributed by atoms with van der Waals surface area (Å²) in [6.07, 6.45) is 2.91. The van der Waals surface area contributed by atoms with Gasteiger partial charge < -0.3 is 14.5 Å². The molecule has 1 N–H and O–H groups in total. The number of ether oxygens (including phenoxy) is 1. The highest BCUT2D eigenvalue weighted by Crippen LogP contribution is 2.23. The fourth-order valence-corrected chi connectivity index (χ4v) is 2.48. The van der Waals surface area contributed by atoms with Gasteiger partial charge in [0.15, 0.2) is 0 Å². The minimum atomic E-state index is -0.465. The summed E-state index contributed by atoms with van der Waals surface area (Å²) in [5.74, 6) is -0.274. The second-order valence-corrected chi connectivity index (χ2v) is 5.66. The van der Waals surface area contributed by atoms with E-state index in [4.69, 9.17) is 16.0 Å². The second kappa shape index (κ2) is 7.23. The SMILES string of the molecule is COC(=O)c1cccc(NC(=O)C=Cc2cc3cc(Cl)ccc3o2)c1. The molecule has 2 aromatic carbocycles. The summed E-state index contributed by atoms with van der Waals surface area (Å²) in [4.78, 5) is 23.5. The van der Waals surface area contributed by atoms with Gasteiger partial charge in [-0.2, -0.15) is 0 Å². The number of esters is 1. The molecule has 0 aliphatic carbocycles. The third kappa shape index (κ3) is 4.08. The van der Waals surface area contributed by atoms with Crippen molar-refractivity contribution in [2.24, 2.45) is 0 Å². The number of hydrogen-bond donors (Lipinski definition) is 1. The molecule has 126 valence electrons. The standard InChI is InChI=1S/C19H14ClNO4/c1-24-19(23)12-3-2-4-15(10-12)21-18(22)8-6-16-11-13-9-14(20)5-7-17(13)25-16/h2-11H,1H3,(H,21,22). The molecule has 0 fully saturated rings. The summed E-state index contributed by atoms with van der Waals surface area (Å²) in [5, 5.41) is 4.16. The third-order valence-electron chi connectivity index (χ3n) is 3.45. The molecule has 3 aromatic rings. The van der Waals surface area contributed by atoms with Crippen LogP contribution in [0.3, 0.4) is 0 Å². The van der Waals surface area contributed by atoms with Crippen LogP contribution in [0.2, 0.25) is 5.02 Å². The lowest BCUT2D eigenvalue weighted by Crippen LogP contribution is -2.09. The van der Waals surface area contributed by atoms with E-state index in [1.54, 1.807) is 54.6 Å². The number of methoxy groups -OCH3 is 1. The smallest absolute Gasteiger partial charge is 0.337 e. The molecule has 0 spiro atoms. The van der Waals surface area contributed by atoms with E-state index in [9.17, 15) is 9.59 Å². The maximum absolute atomic E-state index is 12.0. The lowest BCUT2D eigenvalue weighted by Gasteiger charge is -2.04. The number of benzene rings is 2. The molecule has 0 saturated heterocycles. The van der Waals surface area contributed by atoms with Crippen LogP contribution in [0.4, 0.5) is 5.69 Å². The van der Waals surface area contributed by atoms with E-state index >= 15 is 0 Å². The predicted molar refractivity (Wildman–Crippen MR) is 96.7 cm³/mol. The number of rotatable bonds is 4. The van der Waals surface area contributed by atoms with Crippen LogP contribution < -0.4 is 5.32 Å². The van der Waals surface area contributed by atoms with Crippen molar-refractivity contribution in [3.8, 4) is 0 Å². The van der Waals surface area contributed by atoms with Gasteiger partial charge in [-0.25, -0.2) is 4.79 Å². The van der Waals surface area contributed by atoms with Crippen LogP contribution in [0.25, 0.3) is 17.0 Å². The minimum absolute atomic E-state index is 0.347. The molecule has 25 heavy (non-hydrogen) atoms. The largest absolute Gasteiger partial charge is 0.465 e. The van der Waals surface area contributed by atoms with Gasteiger partial charge in [0.1, 0.15) is 11.3 Å². The molecular weight excluding hydrogens is 342 g/mol. The van der Waals surface area contributed by atoms with E-state index in [-0.39, 0.29) is 5.91 Å². The maximum Gasteiger partial charge on any atom is 0.337 e. The Balaban J connectivity index is 1.71. The predicted octanol–water partition coefficient (Wildman–Crippen LogP) is 4.52. The van der Waals surface area contributed by atoms with Gasteiger partial charge in [-0.3, -0.25) is 4.79 Å². The molecule has 1 heterocycles. The van der Waals surface area contributed by atoms with Crippen molar-refractivity contribution in [3.63, 3.8) is 0 Å². The fraction of sp³-hybridized carbons (Fsp3) is 0.0526. The monoisotopic (exact) mass is 355 g/mol. The van der Waals surface area contributed by atoms with Gasteiger partial charge in [0.05, 0.1) is 12.7 Å². The Morgan fingerprint density at radius 2 is 2.00 bits per heavy atom. The van der Waals surface area contributed by atoms with Gasteiger partial charge in [-0.05, 0) is 48.5 Å². The number of anilines is 1. The third-order valence-corrected chi connectivity index (χ3v) is 3.68. The summed E-state index contributed by atoms with van der Waals surface area (Å²) >= 11 is 5.93. The topological polar surface area (TPSA) is 68.5 Å². The molecule has 0 aliphatic rings. The van der Waals surface area contributed by atoms with Gasteiger partial charge in [0.25, 0.3) is 0 Å². The van der Waals surface area contributed by atoms with Gasteiger partial charge in [0.2, 0.25) is 5.91 Å². The zero-order valence-corrected chi connectivity index (χ0v) is 14.0. The van der Waals surface area contributed by atoms with Crippen LogP contribution >= 0.6 is 11.6 Å². The summed E-state index contributed by atoms with van der Waals surface area (Å²) in [5.41, 5.74) is 1.54. The molecular formula is C19H14ClNO4. The zero-order valence-electron chi connectivity index (χ0n) is 13.3. The first-order valence-electron chi connectivity index (χ1n) is 7.42. The molecule has 6 heteroatoms. The Kier molecular flexibility index (Phi) is 4.86. The molecule has 5 nitrogen and oxygen atoms in total. The number of halogens is 1. The van der Waals surface area contributed by atoms with E-state index in [0.717, 1.165) is 5.39 Å². The summed E-state index contributed by atoms with van der Waals surface area (Å²) < 4.78 is 10.3. The number of nitrogens with one attached hydrogen (secondary N) is 1. The van der Waals surface area contributed by atoms with E-state index < -0.39 is 5.97 Å². The molecule has 0 aliphatic heterocycles. The van der Waals surface area contributed by atoms with Crippen molar-refractivity contribution in [3.05, 3.63) is 71.0 Å². The quantitative estimate of drug-likeness (QED) is 0.551. The molecule has 1 aromatic heterocycles. The highest BCUT2D eigenvalue weighted by atomic mass is 35.5. The van der Waals surface area contributed by atoms with Crippen molar-refractivity contribution in [2.75, 3.05) is 12.4 Å². The van der Waals surface area contributed by atoms with Crippen LogP contribution in [-0.4, -0.2) is 19.0 Å². The first-order chi connectivity index (χ1) is 12.0. The Hall–Kier alpha value is -3.05. The minimum Gasteiger partial charge on any atom is -0.465 e. The molecule has 3 rings (SSSR count). The van der Waals surface area contributed by atoms with Crippen molar-refractivity contribution < 1.29 is 18.7 Å². The Bertz CT molecular complexity index is 974. The van der Waals surface area contributed by atoms with Gasteiger partial charge >= 0.3 is 5.97 Å². The Labute approximate surface area is 148 Å². The van der Waals surface area contributed by atoms with Gasteiger partial charge in [0, 0.05) is 22.2 Å². The van der Waals surface area contributed by atoms with Gasteiger partial charge in [-0.15, -0.1) is 0 Å². The molecule has 0 atom stereocenters. The number of carbonyl (C=O) groups excluding carboxylic acids is 2. The number of hydrogen-bond acceptors (Lipinski definition) is 4. The van der Waals surface area contributed by atoms with Crippen LogP contribution in [-0.2, 0) is 9.53 Å². The highest BCUT2D eigenvalue weighted by molar-refractivity contribution is 6.31. The number of fused-ring (bicyclic) bond motifs is 1. The molecule has 0 unspecified atom stereocenters. The number of amides is 1. The van der Waals surface area contributed by atoms with Gasteiger partial charge in [-0.1, -0.05) is 17.7 Å². The van der Waals surface area contributed by atoms with Crippen molar-refractivity contribution in [1.82, 2.24) is 0 Å². The fourth-order valence-electron chi connectivity index (χ4n) is 2.30. The van der Waals surface area contributed by atoms with Crippen LogP contribution in [0.5, 0.6) is 0 Å².